The van der Waals surface area contributed by atoms with E-state index in [0.717, 1.165) is 14.8 Å². The molecule has 0 saturated carbocycles. The monoisotopic (exact) mass is 479 g/mol. The first-order chi connectivity index (χ1) is 13.5. The minimum atomic E-state index is -0.154. The number of anilines is 2. The van der Waals surface area contributed by atoms with E-state index in [-0.39, 0.29) is 5.91 Å². The number of fused-ring (bicyclic) bond motifs is 1. The Morgan fingerprint density at radius 1 is 1.00 bits per heavy atom. The zero-order chi connectivity index (χ0) is 19.7. The lowest BCUT2D eigenvalue weighted by atomic mass is 10.2. The number of nitrogens with zero attached hydrogens (tertiary/aromatic N) is 2. The van der Waals surface area contributed by atoms with Gasteiger partial charge in [0.05, 0.1) is 0 Å². The molecule has 6 heteroatoms. The Bertz CT molecular complexity index is 1130. The van der Waals surface area contributed by atoms with Crippen molar-refractivity contribution >= 4 is 51.0 Å². The van der Waals surface area contributed by atoms with Crippen molar-refractivity contribution in [2.24, 2.45) is 0 Å². The van der Waals surface area contributed by atoms with Crippen molar-refractivity contribution in [1.82, 2.24) is 4.98 Å². The third-order valence-electron chi connectivity index (χ3n) is 4.38. The van der Waals surface area contributed by atoms with E-state index in [0.29, 0.717) is 28.2 Å². The molecule has 5 nitrogen and oxygen atoms in total. The maximum Gasteiger partial charge on any atom is 0.255 e. The number of hydrogen-bond acceptors (Lipinski definition) is 4. The Kier molecular flexibility index (Phi) is 5.04. The molecule has 0 bridgehead atoms. The van der Waals surface area contributed by atoms with Crippen LogP contribution in [0.25, 0.3) is 22.6 Å². The van der Waals surface area contributed by atoms with Gasteiger partial charge in [-0.3, -0.25) is 4.79 Å². The Labute approximate surface area is 176 Å². The first kappa shape index (κ1) is 18.5. The third kappa shape index (κ3) is 3.87. The van der Waals surface area contributed by atoms with Gasteiger partial charge in [-0.1, -0.05) is 0 Å². The molecule has 0 atom stereocenters. The predicted octanol–water partition coefficient (Wildman–Crippen LogP) is 5.42. The fraction of sp³-hybridized carbons (Fsp3) is 0.0909. The molecule has 0 fully saturated rings. The van der Waals surface area contributed by atoms with Crippen LogP contribution in [0.5, 0.6) is 0 Å². The number of carbonyl (C=O) groups excluding carboxylic acids is 1. The number of rotatable bonds is 4. The standard InChI is InChI=1S/C22H18IN3O2/c1-26(2)18-10-5-15(6-11-18)22-25-19-13-17(9-12-20(19)28-22)24-21(27)14-3-7-16(23)8-4-14/h3-13H,1-2H3,(H,24,27)/i23-4. The summed E-state index contributed by atoms with van der Waals surface area (Å²) < 4.78 is 6.96. The summed E-state index contributed by atoms with van der Waals surface area (Å²) in [5.41, 5.74) is 4.69. The van der Waals surface area contributed by atoms with Gasteiger partial charge in [-0.25, -0.2) is 4.98 Å². The van der Waals surface area contributed by atoms with Crippen molar-refractivity contribution in [3.63, 3.8) is 0 Å². The van der Waals surface area contributed by atoms with Crippen LogP contribution in [0.1, 0.15) is 10.4 Å². The largest absolute Gasteiger partial charge is 0.436 e. The first-order valence-electron chi connectivity index (χ1n) is 8.75. The molecule has 4 aromatic rings. The molecule has 1 aromatic heterocycles. The predicted molar refractivity (Wildman–Crippen MR) is 121 cm³/mol. The lowest BCUT2D eigenvalue weighted by Gasteiger charge is -2.11. The summed E-state index contributed by atoms with van der Waals surface area (Å²) in [6.07, 6.45) is 0. The number of halogens is 1. The van der Waals surface area contributed by atoms with Gasteiger partial charge in [0.1, 0.15) is 5.52 Å². The van der Waals surface area contributed by atoms with E-state index in [4.69, 9.17) is 4.42 Å². The van der Waals surface area contributed by atoms with Crippen molar-refractivity contribution in [3.05, 3.63) is 75.9 Å². The molecule has 0 aliphatic heterocycles. The molecule has 0 unspecified atom stereocenters. The molecule has 0 spiro atoms. The molecule has 1 heterocycles. The van der Waals surface area contributed by atoms with Crippen LogP contribution in [-0.2, 0) is 0 Å². The van der Waals surface area contributed by atoms with Crippen LogP contribution < -0.4 is 10.2 Å². The Balaban J connectivity index is 1.57. The fourth-order valence-electron chi connectivity index (χ4n) is 2.84. The zero-order valence-corrected chi connectivity index (χ0v) is 17.6. The second-order valence-corrected chi connectivity index (χ2v) is 7.85. The van der Waals surface area contributed by atoms with E-state index in [2.05, 4.69) is 32.9 Å². The SMILES string of the molecule is CN(C)c1ccc(-c2nc3cc(NC(=O)c4ccc([123I])cc4)ccc3o2)cc1. The Morgan fingerprint density at radius 3 is 2.39 bits per heavy atom. The van der Waals surface area contributed by atoms with Gasteiger partial charge in [0.25, 0.3) is 5.91 Å². The first-order valence-corrected chi connectivity index (χ1v) is 9.83. The van der Waals surface area contributed by atoms with Gasteiger partial charge >= 0.3 is 0 Å². The number of benzene rings is 3. The average Bonchev–Trinajstić information content (AvgIpc) is 3.12. The number of aromatic nitrogens is 1. The van der Waals surface area contributed by atoms with E-state index >= 15 is 0 Å². The maximum atomic E-state index is 12.4. The normalized spacial score (nSPS) is 10.8. The van der Waals surface area contributed by atoms with Crippen LogP contribution in [0.15, 0.2) is 71.1 Å². The molecule has 0 saturated heterocycles. The van der Waals surface area contributed by atoms with Crippen LogP contribution >= 0.6 is 22.6 Å². The van der Waals surface area contributed by atoms with E-state index in [1.807, 2.05) is 73.6 Å². The quantitative estimate of drug-likeness (QED) is 0.398. The Morgan fingerprint density at radius 2 is 1.71 bits per heavy atom. The van der Waals surface area contributed by atoms with Gasteiger partial charge in [-0.15, -0.1) is 0 Å². The smallest absolute Gasteiger partial charge is 0.255 e. The molecule has 4 rings (SSSR count). The van der Waals surface area contributed by atoms with Gasteiger partial charge in [-0.05, 0) is 89.3 Å². The second-order valence-electron chi connectivity index (χ2n) is 6.60. The van der Waals surface area contributed by atoms with Crippen molar-refractivity contribution in [2.45, 2.75) is 0 Å². The fourth-order valence-corrected chi connectivity index (χ4v) is 3.19. The van der Waals surface area contributed by atoms with Gasteiger partial charge in [0, 0.05) is 40.2 Å². The molecule has 1 amide bonds. The highest BCUT2D eigenvalue weighted by Gasteiger charge is 2.11. The number of hydrogen-bond donors (Lipinski definition) is 1. The molecule has 0 aliphatic rings. The van der Waals surface area contributed by atoms with E-state index in [9.17, 15) is 4.79 Å². The van der Waals surface area contributed by atoms with E-state index < -0.39 is 0 Å². The van der Waals surface area contributed by atoms with Crippen LogP contribution in [0.4, 0.5) is 11.4 Å². The highest BCUT2D eigenvalue weighted by Crippen LogP contribution is 2.27. The topological polar surface area (TPSA) is 58.4 Å². The summed E-state index contributed by atoms with van der Waals surface area (Å²) in [7, 11) is 4.00. The summed E-state index contributed by atoms with van der Waals surface area (Å²) >= 11 is 2.21. The number of carbonyl (C=O) groups is 1. The molecule has 1 N–H and O–H groups in total. The number of oxazole rings is 1. The van der Waals surface area contributed by atoms with Gasteiger partial charge in [-0.2, -0.15) is 0 Å². The maximum absolute atomic E-state index is 12.4. The highest BCUT2D eigenvalue weighted by atomic mass is 123. The van der Waals surface area contributed by atoms with Crippen LogP contribution in [0.2, 0.25) is 0 Å². The van der Waals surface area contributed by atoms with Crippen LogP contribution in [0.3, 0.4) is 0 Å². The Hall–Kier alpha value is -2.87. The van der Waals surface area contributed by atoms with Gasteiger partial charge < -0.3 is 14.6 Å². The summed E-state index contributed by atoms with van der Waals surface area (Å²) in [6, 6.07) is 20.9. The molecule has 0 aliphatic carbocycles. The molecule has 3 aromatic carbocycles. The lowest BCUT2D eigenvalue weighted by Crippen LogP contribution is -2.11. The van der Waals surface area contributed by atoms with Crippen molar-refractivity contribution in [3.8, 4) is 11.5 Å². The molecule has 28 heavy (non-hydrogen) atoms. The summed E-state index contributed by atoms with van der Waals surface area (Å²) in [5, 5.41) is 2.91. The molecular weight excluding hydrogens is 461 g/mol. The summed E-state index contributed by atoms with van der Waals surface area (Å²) in [4.78, 5) is 19.0. The van der Waals surface area contributed by atoms with Crippen LogP contribution in [-0.4, -0.2) is 25.0 Å². The second kappa shape index (κ2) is 7.63. The van der Waals surface area contributed by atoms with Crippen molar-refractivity contribution in [2.75, 3.05) is 24.3 Å². The van der Waals surface area contributed by atoms with Crippen molar-refractivity contribution < 1.29 is 9.21 Å². The average molecular weight is 479 g/mol. The summed E-state index contributed by atoms with van der Waals surface area (Å²) in [6.45, 7) is 0. The number of nitrogens with one attached hydrogen (secondary N) is 1. The highest BCUT2D eigenvalue weighted by molar-refractivity contribution is 14.1. The number of amides is 1. The molecule has 0 radical (unpaired) electrons. The minimum absolute atomic E-state index is 0.154. The van der Waals surface area contributed by atoms with E-state index in [1.165, 1.54) is 0 Å². The zero-order valence-electron chi connectivity index (χ0n) is 15.4. The van der Waals surface area contributed by atoms with Crippen molar-refractivity contribution in [1.29, 1.82) is 0 Å². The molecule has 140 valence electrons. The van der Waals surface area contributed by atoms with Gasteiger partial charge in [0.2, 0.25) is 5.89 Å². The van der Waals surface area contributed by atoms with E-state index in [1.54, 1.807) is 12.1 Å². The third-order valence-corrected chi connectivity index (χ3v) is 5.10. The molecular formula is C22H18IN3O2. The van der Waals surface area contributed by atoms with Crippen LogP contribution in [0, 0.1) is 3.57 Å². The summed E-state index contributed by atoms with van der Waals surface area (Å²) in [5.74, 6) is 0.403. The lowest BCUT2D eigenvalue weighted by molar-refractivity contribution is 0.102. The minimum Gasteiger partial charge on any atom is -0.436 e. The van der Waals surface area contributed by atoms with Gasteiger partial charge in [0.15, 0.2) is 5.58 Å².